The average molecular weight is 268 g/mol. The van der Waals surface area contributed by atoms with Gasteiger partial charge in [0.15, 0.2) is 0 Å². The van der Waals surface area contributed by atoms with Crippen LogP contribution in [0.15, 0.2) is 12.4 Å². The number of aromatic nitrogens is 2. The van der Waals surface area contributed by atoms with E-state index in [2.05, 4.69) is 15.5 Å². The van der Waals surface area contributed by atoms with Gasteiger partial charge in [-0.3, -0.25) is 14.7 Å². The van der Waals surface area contributed by atoms with Crippen LogP contribution in [0.4, 0.5) is 4.79 Å². The lowest BCUT2D eigenvalue weighted by atomic mass is 10.2. The SMILES string of the molecule is CC(NC(=O)CCN1CCSC1=O)c1cn[nH]c1. The molecule has 18 heavy (non-hydrogen) atoms. The Kier molecular flexibility index (Phi) is 4.24. The summed E-state index contributed by atoms with van der Waals surface area (Å²) in [6.07, 6.45) is 3.78. The van der Waals surface area contributed by atoms with E-state index in [1.54, 1.807) is 17.3 Å². The fourth-order valence-corrected chi connectivity index (χ4v) is 2.61. The number of carbonyl (C=O) groups is 2. The largest absolute Gasteiger partial charge is 0.349 e. The molecule has 0 spiro atoms. The average Bonchev–Trinajstić information content (AvgIpc) is 2.97. The van der Waals surface area contributed by atoms with Gasteiger partial charge in [0.2, 0.25) is 5.91 Å². The van der Waals surface area contributed by atoms with Crippen molar-refractivity contribution in [2.24, 2.45) is 0 Å². The summed E-state index contributed by atoms with van der Waals surface area (Å²) < 4.78 is 0. The quantitative estimate of drug-likeness (QED) is 0.839. The van der Waals surface area contributed by atoms with E-state index in [1.165, 1.54) is 11.8 Å². The minimum atomic E-state index is -0.0695. The van der Waals surface area contributed by atoms with E-state index in [9.17, 15) is 9.59 Å². The monoisotopic (exact) mass is 268 g/mol. The van der Waals surface area contributed by atoms with Crippen molar-refractivity contribution in [3.05, 3.63) is 18.0 Å². The number of hydrogen-bond acceptors (Lipinski definition) is 4. The zero-order chi connectivity index (χ0) is 13.0. The first-order chi connectivity index (χ1) is 8.66. The first-order valence-corrected chi connectivity index (χ1v) is 6.85. The molecule has 0 saturated carbocycles. The zero-order valence-corrected chi connectivity index (χ0v) is 11.0. The van der Waals surface area contributed by atoms with Gasteiger partial charge in [0.25, 0.3) is 5.24 Å². The van der Waals surface area contributed by atoms with E-state index in [1.807, 2.05) is 6.92 Å². The summed E-state index contributed by atoms with van der Waals surface area (Å²) in [6, 6.07) is -0.0695. The van der Waals surface area contributed by atoms with Crippen molar-refractivity contribution in [1.82, 2.24) is 20.4 Å². The van der Waals surface area contributed by atoms with E-state index >= 15 is 0 Å². The molecule has 1 aromatic rings. The van der Waals surface area contributed by atoms with E-state index < -0.39 is 0 Å². The van der Waals surface area contributed by atoms with Crippen LogP contribution in [-0.2, 0) is 4.79 Å². The van der Waals surface area contributed by atoms with Crippen LogP contribution in [0, 0.1) is 0 Å². The number of aromatic amines is 1. The predicted molar refractivity (Wildman–Crippen MR) is 69.2 cm³/mol. The van der Waals surface area contributed by atoms with E-state index in [-0.39, 0.29) is 17.2 Å². The Morgan fingerprint density at radius 1 is 1.72 bits per heavy atom. The van der Waals surface area contributed by atoms with Crippen LogP contribution in [0.5, 0.6) is 0 Å². The Morgan fingerprint density at radius 3 is 3.17 bits per heavy atom. The van der Waals surface area contributed by atoms with E-state index in [0.717, 1.165) is 17.9 Å². The fraction of sp³-hybridized carbons (Fsp3) is 0.545. The minimum absolute atomic E-state index is 0.0478. The third-order valence-electron chi connectivity index (χ3n) is 2.85. The van der Waals surface area contributed by atoms with Crippen LogP contribution >= 0.6 is 11.8 Å². The third-order valence-corrected chi connectivity index (χ3v) is 3.74. The van der Waals surface area contributed by atoms with Gasteiger partial charge >= 0.3 is 0 Å². The van der Waals surface area contributed by atoms with Crippen LogP contribution in [0.3, 0.4) is 0 Å². The second-order valence-corrected chi connectivity index (χ2v) is 5.22. The molecule has 1 unspecified atom stereocenters. The summed E-state index contributed by atoms with van der Waals surface area (Å²) in [4.78, 5) is 24.8. The first kappa shape index (κ1) is 12.9. The molecule has 2 heterocycles. The molecule has 1 saturated heterocycles. The molecule has 0 aliphatic carbocycles. The molecular formula is C11H16N4O2S. The van der Waals surface area contributed by atoms with Gasteiger partial charge in [0.1, 0.15) is 0 Å². The molecular weight excluding hydrogens is 252 g/mol. The van der Waals surface area contributed by atoms with Crippen molar-refractivity contribution in [3.63, 3.8) is 0 Å². The van der Waals surface area contributed by atoms with Gasteiger partial charge in [0.05, 0.1) is 12.2 Å². The summed E-state index contributed by atoms with van der Waals surface area (Å²) in [6.45, 7) is 3.14. The molecule has 6 nitrogen and oxygen atoms in total. The molecule has 2 amide bonds. The Morgan fingerprint density at radius 2 is 2.56 bits per heavy atom. The molecule has 98 valence electrons. The summed E-state index contributed by atoms with van der Waals surface area (Å²) in [5, 5.41) is 9.50. The van der Waals surface area contributed by atoms with Crippen molar-refractivity contribution in [2.45, 2.75) is 19.4 Å². The number of nitrogens with zero attached hydrogens (tertiary/aromatic N) is 2. The van der Waals surface area contributed by atoms with Crippen molar-refractivity contribution in [1.29, 1.82) is 0 Å². The van der Waals surface area contributed by atoms with E-state index in [4.69, 9.17) is 0 Å². The Hall–Kier alpha value is -1.50. The molecule has 0 bridgehead atoms. The highest BCUT2D eigenvalue weighted by molar-refractivity contribution is 8.13. The Balaban J connectivity index is 1.73. The highest BCUT2D eigenvalue weighted by Crippen LogP contribution is 2.17. The molecule has 7 heteroatoms. The normalized spacial score (nSPS) is 16.9. The van der Waals surface area contributed by atoms with Crippen LogP contribution in [0.1, 0.15) is 24.9 Å². The molecule has 0 radical (unpaired) electrons. The molecule has 1 fully saturated rings. The van der Waals surface area contributed by atoms with Crippen molar-refractivity contribution in [2.75, 3.05) is 18.8 Å². The molecule has 1 atom stereocenters. The van der Waals surface area contributed by atoms with Crippen LogP contribution < -0.4 is 5.32 Å². The van der Waals surface area contributed by atoms with Gasteiger partial charge in [0, 0.05) is 37.0 Å². The number of amides is 2. The predicted octanol–water partition coefficient (Wildman–Crippen LogP) is 1.15. The highest BCUT2D eigenvalue weighted by atomic mass is 32.2. The van der Waals surface area contributed by atoms with Crippen LogP contribution in [-0.4, -0.2) is 45.1 Å². The van der Waals surface area contributed by atoms with Gasteiger partial charge in [-0.2, -0.15) is 5.10 Å². The van der Waals surface area contributed by atoms with Gasteiger partial charge in [-0.1, -0.05) is 11.8 Å². The summed E-state index contributed by atoms with van der Waals surface area (Å²) in [7, 11) is 0. The van der Waals surface area contributed by atoms with Gasteiger partial charge < -0.3 is 10.2 Å². The molecule has 1 aliphatic rings. The maximum absolute atomic E-state index is 11.7. The molecule has 0 aromatic carbocycles. The number of nitrogens with one attached hydrogen (secondary N) is 2. The summed E-state index contributed by atoms with van der Waals surface area (Å²) in [5.74, 6) is 0.777. The van der Waals surface area contributed by atoms with Gasteiger partial charge in [-0.15, -0.1) is 0 Å². The lowest BCUT2D eigenvalue weighted by Crippen LogP contribution is -2.32. The van der Waals surface area contributed by atoms with Crippen LogP contribution in [0.25, 0.3) is 0 Å². The minimum Gasteiger partial charge on any atom is -0.349 e. The second kappa shape index (κ2) is 5.90. The summed E-state index contributed by atoms with van der Waals surface area (Å²) in [5.41, 5.74) is 0.941. The van der Waals surface area contributed by atoms with E-state index in [0.29, 0.717) is 13.0 Å². The number of rotatable bonds is 5. The smallest absolute Gasteiger partial charge is 0.281 e. The number of hydrogen-bond donors (Lipinski definition) is 2. The zero-order valence-electron chi connectivity index (χ0n) is 10.2. The number of thioether (sulfide) groups is 1. The Labute approximate surface area is 109 Å². The highest BCUT2D eigenvalue weighted by Gasteiger charge is 2.21. The standard InChI is InChI=1S/C11H16N4O2S/c1-8(9-6-12-13-7-9)14-10(16)2-3-15-4-5-18-11(15)17/h6-8H,2-5H2,1H3,(H,12,13)(H,14,16). The Bertz CT molecular complexity index is 421. The number of H-pyrrole nitrogens is 1. The molecule has 1 aliphatic heterocycles. The van der Waals surface area contributed by atoms with Crippen LogP contribution in [0.2, 0.25) is 0 Å². The van der Waals surface area contributed by atoms with Gasteiger partial charge in [-0.25, -0.2) is 0 Å². The second-order valence-electron chi connectivity index (χ2n) is 4.17. The van der Waals surface area contributed by atoms with Gasteiger partial charge in [-0.05, 0) is 6.92 Å². The lowest BCUT2D eigenvalue weighted by molar-refractivity contribution is -0.121. The molecule has 1 aromatic heterocycles. The van der Waals surface area contributed by atoms with Crippen molar-refractivity contribution >= 4 is 22.9 Å². The van der Waals surface area contributed by atoms with Crippen molar-refractivity contribution in [3.8, 4) is 0 Å². The molecule has 2 N–H and O–H groups in total. The topological polar surface area (TPSA) is 78.1 Å². The summed E-state index contributed by atoms with van der Waals surface area (Å²) >= 11 is 1.31. The maximum Gasteiger partial charge on any atom is 0.281 e. The lowest BCUT2D eigenvalue weighted by Gasteiger charge is -2.16. The first-order valence-electron chi connectivity index (χ1n) is 5.86. The number of carbonyl (C=O) groups excluding carboxylic acids is 2. The third kappa shape index (κ3) is 3.25. The molecule has 2 rings (SSSR count). The fourth-order valence-electron chi connectivity index (χ4n) is 1.76. The van der Waals surface area contributed by atoms with Crippen molar-refractivity contribution < 1.29 is 9.59 Å². The maximum atomic E-state index is 11.7.